The van der Waals surface area contributed by atoms with Crippen molar-refractivity contribution in [2.45, 2.75) is 32.2 Å². The van der Waals surface area contributed by atoms with Crippen LogP contribution in [0, 0.1) is 0 Å². The number of nitrogens with zero attached hydrogens (tertiary/aromatic N) is 2. The van der Waals surface area contributed by atoms with E-state index in [-0.39, 0.29) is 5.91 Å². The molecule has 0 saturated carbocycles. The molecule has 0 spiro atoms. The fraction of sp³-hybridized carbons (Fsp3) is 0.562. The zero-order valence-electron chi connectivity index (χ0n) is 12.5. The molecule has 110 valence electrons. The molecule has 0 radical (unpaired) electrons. The molecule has 0 aromatic heterocycles. The van der Waals surface area contributed by atoms with Crippen LogP contribution in [0.5, 0.6) is 0 Å². The lowest BCUT2D eigenvalue weighted by atomic mass is 10.1. The quantitative estimate of drug-likeness (QED) is 0.855. The molecule has 1 aliphatic rings. The van der Waals surface area contributed by atoms with Gasteiger partial charge in [-0.1, -0.05) is 18.2 Å². The normalized spacial score (nSPS) is 20.7. The Morgan fingerprint density at radius 1 is 1.35 bits per heavy atom. The second-order valence-corrected chi connectivity index (χ2v) is 5.75. The van der Waals surface area contributed by atoms with Gasteiger partial charge in [0, 0.05) is 31.2 Å². The molecule has 20 heavy (non-hydrogen) atoms. The van der Waals surface area contributed by atoms with Crippen LogP contribution < -0.4 is 5.73 Å². The third kappa shape index (κ3) is 3.73. The number of hydrogen-bond donors (Lipinski definition) is 1. The number of aryl methyl sites for hydroxylation is 1. The maximum absolute atomic E-state index is 12.4. The van der Waals surface area contributed by atoms with Crippen molar-refractivity contribution >= 4 is 11.6 Å². The van der Waals surface area contributed by atoms with Crippen LogP contribution >= 0.6 is 0 Å². The highest BCUT2D eigenvalue weighted by Gasteiger charge is 2.23. The number of carbonyl (C=O) groups is 1. The van der Waals surface area contributed by atoms with E-state index < -0.39 is 0 Å². The Morgan fingerprint density at radius 2 is 2.10 bits per heavy atom. The number of amides is 1. The molecular formula is C16H25N3O. The van der Waals surface area contributed by atoms with E-state index in [2.05, 4.69) is 18.9 Å². The standard InChI is InChI=1S/C16H25N3O/c1-13-12-18(2)10-5-11-19(13)16(20)9-8-14-6-3-4-7-15(14)17/h3-4,6-7,13H,5,8-12,17H2,1-2H3. The summed E-state index contributed by atoms with van der Waals surface area (Å²) in [4.78, 5) is 16.7. The van der Waals surface area contributed by atoms with Crippen molar-refractivity contribution in [3.63, 3.8) is 0 Å². The number of nitrogens with two attached hydrogens (primary N) is 1. The van der Waals surface area contributed by atoms with Crippen LogP contribution in [0.15, 0.2) is 24.3 Å². The van der Waals surface area contributed by atoms with Gasteiger partial charge in [-0.05, 0) is 45.0 Å². The van der Waals surface area contributed by atoms with E-state index in [1.54, 1.807) is 0 Å². The smallest absolute Gasteiger partial charge is 0.223 e. The second-order valence-electron chi connectivity index (χ2n) is 5.75. The number of carbonyl (C=O) groups excluding carboxylic acids is 1. The van der Waals surface area contributed by atoms with Crippen LogP contribution in [0.2, 0.25) is 0 Å². The predicted molar refractivity (Wildman–Crippen MR) is 82.5 cm³/mol. The van der Waals surface area contributed by atoms with Gasteiger partial charge in [0.1, 0.15) is 0 Å². The van der Waals surface area contributed by atoms with E-state index in [0.717, 1.165) is 43.7 Å². The van der Waals surface area contributed by atoms with Crippen molar-refractivity contribution in [1.29, 1.82) is 0 Å². The molecule has 1 aromatic carbocycles. The summed E-state index contributed by atoms with van der Waals surface area (Å²) in [7, 11) is 2.12. The van der Waals surface area contributed by atoms with E-state index in [1.165, 1.54) is 0 Å². The van der Waals surface area contributed by atoms with Crippen LogP contribution in [-0.2, 0) is 11.2 Å². The third-order valence-electron chi connectivity index (χ3n) is 4.03. The molecule has 1 saturated heterocycles. The first kappa shape index (κ1) is 14.9. The summed E-state index contributed by atoms with van der Waals surface area (Å²) < 4.78 is 0. The van der Waals surface area contributed by atoms with Crippen LogP contribution in [0.25, 0.3) is 0 Å². The predicted octanol–water partition coefficient (Wildman–Crippen LogP) is 1.75. The fourth-order valence-corrected chi connectivity index (χ4v) is 2.89. The molecule has 1 aliphatic heterocycles. The van der Waals surface area contributed by atoms with Crippen molar-refractivity contribution in [2.75, 3.05) is 32.4 Å². The number of likely N-dealkylation sites (N-methyl/N-ethyl adjacent to an activating group) is 1. The molecule has 0 bridgehead atoms. The SMILES string of the molecule is CC1CN(C)CCCN1C(=O)CCc1ccccc1N. The van der Waals surface area contributed by atoms with E-state index in [1.807, 2.05) is 29.2 Å². The summed E-state index contributed by atoms with van der Waals surface area (Å²) in [5, 5.41) is 0. The van der Waals surface area contributed by atoms with E-state index in [9.17, 15) is 4.79 Å². The fourth-order valence-electron chi connectivity index (χ4n) is 2.89. The van der Waals surface area contributed by atoms with Crippen molar-refractivity contribution in [3.05, 3.63) is 29.8 Å². The van der Waals surface area contributed by atoms with Crippen molar-refractivity contribution in [3.8, 4) is 0 Å². The first-order valence-corrected chi connectivity index (χ1v) is 7.39. The Labute approximate surface area is 121 Å². The minimum absolute atomic E-state index is 0.246. The van der Waals surface area contributed by atoms with Gasteiger partial charge in [-0.15, -0.1) is 0 Å². The number of hydrogen-bond acceptors (Lipinski definition) is 3. The Bertz CT molecular complexity index is 461. The molecule has 2 rings (SSSR count). The zero-order chi connectivity index (χ0) is 14.5. The Balaban J connectivity index is 1.92. The van der Waals surface area contributed by atoms with Crippen LogP contribution in [-0.4, -0.2) is 48.4 Å². The molecule has 1 amide bonds. The van der Waals surface area contributed by atoms with Gasteiger partial charge in [0.25, 0.3) is 0 Å². The summed E-state index contributed by atoms with van der Waals surface area (Å²) >= 11 is 0. The average Bonchev–Trinajstić information content (AvgIpc) is 2.58. The molecule has 1 unspecified atom stereocenters. The molecule has 4 heteroatoms. The summed E-state index contributed by atoms with van der Waals surface area (Å²) in [5.74, 6) is 0.246. The average molecular weight is 275 g/mol. The van der Waals surface area contributed by atoms with Gasteiger partial charge in [0.05, 0.1) is 0 Å². The lowest BCUT2D eigenvalue weighted by Crippen LogP contribution is -2.42. The van der Waals surface area contributed by atoms with Gasteiger partial charge in [-0.25, -0.2) is 0 Å². The van der Waals surface area contributed by atoms with E-state index in [4.69, 9.17) is 5.73 Å². The molecule has 1 fully saturated rings. The largest absolute Gasteiger partial charge is 0.399 e. The summed E-state index contributed by atoms with van der Waals surface area (Å²) in [6.45, 7) is 5.03. The first-order valence-electron chi connectivity index (χ1n) is 7.39. The van der Waals surface area contributed by atoms with Crippen molar-refractivity contribution in [2.24, 2.45) is 0 Å². The van der Waals surface area contributed by atoms with Gasteiger partial charge in [0.15, 0.2) is 0 Å². The summed E-state index contributed by atoms with van der Waals surface area (Å²) in [6.07, 6.45) is 2.33. The minimum Gasteiger partial charge on any atom is -0.399 e. The van der Waals surface area contributed by atoms with Gasteiger partial charge in [0.2, 0.25) is 5.91 Å². The Hall–Kier alpha value is -1.55. The monoisotopic (exact) mass is 275 g/mol. The molecular weight excluding hydrogens is 250 g/mol. The molecule has 2 N–H and O–H groups in total. The molecule has 1 aromatic rings. The van der Waals surface area contributed by atoms with Crippen LogP contribution in [0.4, 0.5) is 5.69 Å². The minimum atomic E-state index is 0.246. The second kappa shape index (κ2) is 6.75. The summed E-state index contributed by atoms with van der Waals surface area (Å²) in [5.41, 5.74) is 7.78. The summed E-state index contributed by atoms with van der Waals surface area (Å²) in [6, 6.07) is 8.08. The number of para-hydroxylation sites is 1. The Kier molecular flexibility index (Phi) is 5.01. The number of rotatable bonds is 3. The highest BCUT2D eigenvalue weighted by atomic mass is 16.2. The maximum Gasteiger partial charge on any atom is 0.223 e. The topological polar surface area (TPSA) is 49.6 Å². The maximum atomic E-state index is 12.4. The number of nitrogen functional groups attached to an aromatic ring is 1. The molecule has 1 heterocycles. The van der Waals surface area contributed by atoms with Crippen molar-refractivity contribution < 1.29 is 4.79 Å². The van der Waals surface area contributed by atoms with Gasteiger partial charge < -0.3 is 15.5 Å². The highest BCUT2D eigenvalue weighted by molar-refractivity contribution is 5.77. The van der Waals surface area contributed by atoms with Crippen molar-refractivity contribution in [1.82, 2.24) is 9.80 Å². The molecule has 0 aliphatic carbocycles. The van der Waals surface area contributed by atoms with Crippen LogP contribution in [0.3, 0.4) is 0 Å². The van der Waals surface area contributed by atoms with Crippen LogP contribution in [0.1, 0.15) is 25.3 Å². The van der Waals surface area contributed by atoms with Gasteiger partial charge >= 0.3 is 0 Å². The van der Waals surface area contributed by atoms with Gasteiger partial charge in [-0.3, -0.25) is 4.79 Å². The number of anilines is 1. The lowest BCUT2D eigenvalue weighted by Gasteiger charge is -2.28. The Morgan fingerprint density at radius 3 is 2.85 bits per heavy atom. The van der Waals surface area contributed by atoms with Gasteiger partial charge in [-0.2, -0.15) is 0 Å². The zero-order valence-corrected chi connectivity index (χ0v) is 12.5. The lowest BCUT2D eigenvalue weighted by molar-refractivity contribution is -0.133. The number of benzene rings is 1. The molecule has 1 atom stereocenters. The first-order chi connectivity index (χ1) is 9.58. The van der Waals surface area contributed by atoms with E-state index >= 15 is 0 Å². The highest BCUT2D eigenvalue weighted by Crippen LogP contribution is 2.15. The molecule has 4 nitrogen and oxygen atoms in total. The third-order valence-corrected chi connectivity index (χ3v) is 4.03. The van der Waals surface area contributed by atoms with E-state index in [0.29, 0.717) is 12.5 Å².